The zero-order chi connectivity index (χ0) is 10.1. The summed E-state index contributed by atoms with van der Waals surface area (Å²) >= 11 is 0. The number of rotatable bonds is 3. The van der Waals surface area contributed by atoms with Crippen LogP contribution in [0.2, 0.25) is 0 Å². The normalized spacial score (nSPS) is 42.2. The van der Waals surface area contributed by atoms with Crippen LogP contribution in [-0.4, -0.2) is 28.2 Å². The fourth-order valence-electron chi connectivity index (χ4n) is 2.26. The van der Waals surface area contributed by atoms with E-state index < -0.39 is 11.9 Å². The molecule has 1 aliphatic rings. The SMILES string of the molecule is CCC1CCC(OC(C)O)C1(C)O. The van der Waals surface area contributed by atoms with Crippen LogP contribution in [0.5, 0.6) is 0 Å². The smallest absolute Gasteiger partial charge is 0.152 e. The van der Waals surface area contributed by atoms with Gasteiger partial charge in [-0.3, -0.25) is 0 Å². The molecule has 1 rings (SSSR count). The van der Waals surface area contributed by atoms with E-state index in [1.54, 1.807) is 13.8 Å². The molecule has 3 nitrogen and oxygen atoms in total. The van der Waals surface area contributed by atoms with Crippen LogP contribution in [0.15, 0.2) is 0 Å². The molecule has 4 atom stereocenters. The molecule has 0 spiro atoms. The molecule has 3 heteroatoms. The van der Waals surface area contributed by atoms with Gasteiger partial charge in [0.15, 0.2) is 6.29 Å². The molecule has 4 unspecified atom stereocenters. The minimum absolute atomic E-state index is 0.211. The zero-order valence-electron chi connectivity index (χ0n) is 8.66. The second kappa shape index (κ2) is 3.95. The first-order valence-corrected chi connectivity index (χ1v) is 5.04. The van der Waals surface area contributed by atoms with Crippen LogP contribution in [0.1, 0.15) is 40.0 Å². The molecule has 1 saturated carbocycles. The van der Waals surface area contributed by atoms with E-state index >= 15 is 0 Å². The van der Waals surface area contributed by atoms with E-state index in [1.165, 1.54) is 0 Å². The van der Waals surface area contributed by atoms with Crippen LogP contribution in [0, 0.1) is 5.92 Å². The summed E-state index contributed by atoms with van der Waals surface area (Å²) in [4.78, 5) is 0. The summed E-state index contributed by atoms with van der Waals surface area (Å²) in [6.45, 7) is 5.46. The number of aliphatic hydroxyl groups is 2. The molecule has 13 heavy (non-hydrogen) atoms. The van der Waals surface area contributed by atoms with Gasteiger partial charge in [0.2, 0.25) is 0 Å². The maximum Gasteiger partial charge on any atom is 0.152 e. The standard InChI is InChI=1S/C10H20O3/c1-4-8-5-6-9(10(8,3)12)13-7(2)11/h7-9,11-12H,4-6H2,1-3H3. The molecule has 1 fully saturated rings. The summed E-state index contributed by atoms with van der Waals surface area (Å²) in [6, 6.07) is 0. The highest BCUT2D eigenvalue weighted by molar-refractivity contribution is 4.96. The van der Waals surface area contributed by atoms with Crippen LogP contribution < -0.4 is 0 Å². The van der Waals surface area contributed by atoms with Crippen molar-refractivity contribution in [3.8, 4) is 0 Å². The molecule has 0 bridgehead atoms. The van der Waals surface area contributed by atoms with E-state index in [4.69, 9.17) is 9.84 Å². The molecule has 0 amide bonds. The van der Waals surface area contributed by atoms with E-state index in [9.17, 15) is 5.11 Å². The lowest BCUT2D eigenvalue weighted by atomic mass is 9.89. The number of hydrogen-bond acceptors (Lipinski definition) is 3. The Kier molecular flexibility index (Phi) is 3.33. The van der Waals surface area contributed by atoms with E-state index in [0.717, 1.165) is 19.3 Å². The highest BCUT2D eigenvalue weighted by Gasteiger charge is 2.45. The van der Waals surface area contributed by atoms with Gasteiger partial charge in [-0.15, -0.1) is 0 Å². The van der Waals surface area contributed by atoms with Gasteiger partial charge >= 0.3 is 0 Å². The van der Waals surface area contributed by atoms with Crippen molar-refractivity contribution in [2.75, 3.05) is 0 Å². The highest BCUT2D eigenvalue weighted by atomic mass is 16.6. The molecular weight excluding hydrogens is 168 g/mol. The zero-order valence-corrected chi connectivity index (χ0v) is 8.66. The van der Waals surface area contributed by atoms with Crippen LogP contribution in [0.3, 0.4) is 0 Å². The average Bonchev–Trinajstić information content (AvgIpc) is 2.26. The first-order chi connectivity index (χ1) is 5.98. The van der Waals surface area contributed by atoms with Crippen LogP contribution in [0.25, 0.3) is 0 Å². The fourth-order valence-corrected chi connectivity index (χ4v) is 2.26. The Hall–Kier alpha value is -0.120. The quantitative estimate of drug-likeness (QED) is 0.656. The fraction of sp³-hybridized carbons (Fsp3) is 1.00. The second-order valence-electron chi connectivity index (χ2n) is 4.13. The van der Waals surface area contributed by atoms with Crippen molar-refractivity contribution >= 4 is 0 Å². The average molecular weight is 188 g/mol. The number of ether oxygens (including phenoxy) is 1. The van der Waals surface area contributed by atoms with Gasteiger partial charge in [-0.25, -0.2) is 0 Å². The van der Waals surface area contributed by atoms with E-state index in [0.29, 0.717) is 5.92 Å². The highest BCUT2D eigenvalue weighted by Crippen LogP contribution is 2.39. The molecule has 0 aromatic heterocycles. The summed E-state index contributed by atoms with van der Waals surface area (Å²) in [5, 5.41) is 19.2. The topological polar surface area (TPSA) is 49.7 Å². The van der Waals surface area contributed by atoms with Crippen LogP contribution >= 0.6 is 0 Å². The van der Waals surface area contributed by atoms with Gasteiger partial charge in [-0.1, -0.05) is 13.3 Å². The predicted molar refractivity (Wildman–Crippen MR) is 50.2 cm³/mol. The monoisotopic (exact) mass is 188 g/mol. The van der Waals surface area contributed by atoms with Crippen molar-refractivity contribution in [3.63, 3.8) is 0 Å². The minimum Gasteiger partial charge on any atom is -0.387 e. The van der Waals surface area contributed by atoms with E-state index in [-0.39, 0.29) is 6.10 Å². The Labute approximate surface area is 79.7 Å². The first-order valence-electron chi connectivity index (χ1n) is 5.04. The third kappa shape index (κ3) is 2.22. The van der Waals surface area contributed by atoms with Gasteiger partial charge in [0.1, 0.15) is 0 Å². The minimum atomic E-state index is -0.785. The number of aliphatic hydroxyl groups excluding tert-OH is 1. The lowest BCUT2D eigenvalue weighted by molar-refractivity contribution is -0.180. The Morgan fingerprint density at radius 2 is 2.15 bits per heavy atom. The summed E-state index contributed by atoms with van der Waals surface area (Å²) in [5.74, 6) is 0.302. The molecule has 78 valence electrons. The molecule has 2 N–H and O–H groups in total. The predicted octanol–water partition coefficient (Wildman–Crippen LogP) is 1.28. The van der Waals surface area contributed by atoms with Crippen molar-refractivity contribution in [1.82, 2.24) is 0 Å². The largest absolute Gasteiger partial charge is 0.387 e. The van der Waals surface area contributed by atoms with Crippen LogP contribution in [0.4, 0.5) is 0 Å². The Morgan fingerprint density at radius 3 is 2.54 bits per heavy atom. The maximum absolute atomic E-state index is 10.1. The summed E-state index contributed by atoms with van der Waals surface area (Å²) < 4.78 is 5.26. The molecule has 0 radical (unpaired) electrons. The third-order valence-corrected chi connectivity index (χ3v) is 3.11. The molecule has 1 aliphatic carbocycles. The van der Waals surface area contributed by atoms with Gasteiger partial charge in [0.05, 0.1) is 11.7 Å². The van der Waals surface area contributed by atoms with Gasteiger partial charge in [-0.2, -0.15) is 0 Å². The van der Waals surface area contributed by atoms with Crippen molar-refractivity contribution in [3.05, 3.63) is 0 Å². The molecule has 0 heterocycles. The van der Waals surface area contributed by atoms with Crippen molar-refractivity contribution in [2.45, 2.75) is 58.0 Å². The van der Waals surface area contributed by atoms with Crippen LogP contribution in [-0.2, 0) is 4.74 Å². The molecule has 0 aromatic carbocycles. The van der Waals surface area contributed by atoms with Gasteiger partial charge < -0.3 is 14.9 Å². The van der Waals surface area contributed by atoms with E-state index in [1.807, 2.05) is 0 Å². The van der Waals surface area contributed by atoms with Gasteiger partial charge in [0.25, 0.3) is 0 Å². The first kappa shape index (κ1) is 11.0. The Morgan fingerprint density at radius 1 is 1.54 bits per heavy atom. The van der Waals surface area contributed by atoms with Crippen molar-refractivity contribution in [1.29, 1.82) is 0 Å². The van der Waals surface area contributed by atoms with Crippen molar-refractivity contribution in [2.24, 2.45) is 5.92 Å². The third-order valence-electron chi connectivity index (χ3n) is 3.11. The molecular formula is C10H20O3. The Balaban J connectivity index is 2.58. The summed E-state index contributed by atoms with van der Waals surface area (Å²) in [7, 11) is 0. The lowest BCUT2D eigenvalue weighted by Gasteiger charge is -2.31. The van der Waals surface area contributed by atoms with Gasteiger partial charge in [-0.05, 0) is 32.6 Å². The number of hydrogen-bond donors (Lipinski definition) is 2. The maximum atomic E-state index is 10.1. The Bertz CT molecular complexity index is 166. The molecule has 0 aliphatic heterocycles. The molecule has 0 aromatic rings. The second-order valence-corrected chi connectivity index (χ2v) is 4.13. The summed E-state index contributed by atoms with van der Waals surface area (Å²) in [5.41, 5.74) is -0.772. The molecule has 0 saturated heterocycles. The van der Waals surface area contributed by atoms with E-state index in [2.05, 4.69) is 6.92 Å². The van der Waals surface area contributed by atoms with Gasteiger partial charge in [0, 0.05) is 0 Å². The lowest BCUT2D eigenvalue weighted by Crippen LogP contribution is -2.42. The van der Waals surface area contributed by atoms with Crippen molar-refractivity contribution < 1.29 is 14.9 Å². The summed E-state index contributed by atoms with van der Waals surface area (Å²) in [6.07, 6.45) is 1.80.